The van der Waals surface area contributed by atoms with Crippen LogP contribution >= 0.6 is 11.3 Å². The highest BCUT2D eigenvalue weighted by Gasteiger charge is 2.23. The summed E-state index contributed by atoms with van der Waals surface area (Å²) in [5.74, 6) is 0.0391. The molecule has 1 N–H and O–H groups in total. The van der Waals surface area contributed by atoms with Crippen molar-refractivity contribution in [3.05, 3.63) is 52.5 Å². The van der Waals surface area contributed by atoms with Gasteiger partial charge in [0.05, 0.1) is 17.0 Å². The van der Waals surface area contributed by atoms with E-state index in [-0.39, 0.29) is 5.91 Å². The molecule has 1 fully saturated rings. The number of carbonyl (C=O) groups excluding carboxylic acids is 1. The van der Waals surface area contributed by atoms with Gasteiger partial charge >= 0.3 is 0 Å². The fraction of sp³-hybridized carbons (Fsp3) is 0.481. The highest BCUT2D eigenvalue weighted by Crippen LogP contribution is 2.32. The first kappa shape index (κ1) is 23.7. The summed E-state index contributed by atoms with van der Waals surface area (Å²) in [6, 6.07) is 10.9. The third-order valence-electron chi connectivity index (χ3n) is 6.63. The van der Waals surface area contributed by atoms with Gasteiger partial charge in [0.1, 0.15) is 5.01 Å². The molecule has 0 radical (unpaired) electrons. The first-order valence-corrected chi connectivity index (χ1v) is 13.0. The first-order chi connectivity index (χ1) is 16.1. The van der Waals surface area contributed by atoms with E-state index < -0.39 is 0 Å². The third kappa shape index (κ3) is 5.56. The molecule has 1 saturated carbocycles. The van der Waals surface area contributed by atoms with E-state index in [0.29, 0.717) is 12.6 Å². The van der Waals surface area contributed by atoms with Crippen LogP contribution in [0.4, 0.5) is 0 Å². The number of amides is 1. The van der Waals surface area contributed by atoms with E-state index in [1.54, 1.807) is 18.4 Å². The zero-order valence-electron chi connectivity index (χ0n) is 20.0. The van der Waals surface area contributed by atoms with Crippen molar-refractivity contribution in [3.8, 4) is 22.0 Å². The summed E-state index contributed by atoms with van der Waals surface area (Å²) in [6.45, 7) is 5.70. The monoisotopic (exact) mass is 465 g/mol. The molecule has 0 saturated heterocycles. The van der Waals surface area contributed by atoms with Gasteiger partial charge in [0.25, 0.3) is 5.91 Å². The molecule has 1 aromatic carbocycles. The summed E-state index contributed by atoms with van der Waals surface area (Å²) in [5.41, 5.74) is 6.15. The molecule has 4 rings (SSSR count). The van der Waals surface area contributed by atoms with Crippen molar-refractivity contribution in [1.29, 1.82) is 0 Å². The molecule has 1 aliphatic rings. The smallest absolute Gasteiger partial charge is 0.253 e. The number of benzene rings is 1. The number of rotatable bonds is 9. The van der Waals surface area contributed by atoms with Crippen LogP contribution < -0.4 is 5.32 Å². The number of aryl methyl sites for hydroxylation is 1. The molecule has 5 nitrogen and oxygen atoms in total. The second-order valence-electron chi connectivity index (χ2n) is 8.93. The lowest BCUT2D eigenvalue weighted by Crippen LogP contribution is -2.36. The second-order valence-corrected chi connectivity index (χ2v) is 9.78. The predicted octanol–water partition coefficient (Wildman–Crippen LogP) is 6.25. The standard InChI is InChI=1S/C27H35N3O2S/c1-4-20-10-8-11-21(16-20)27-29-24(18-33-27)25-17-23(19(2)30(25)14-9-15-32-3)26(31)28-22-12-6-5-7-13-22/h8,10-11,16-18,22H,4-7,9,12-15H2,1-3H3,(H,28,31). The van der Waals surface area contributed by atoms with Crippen molar-refractivity contribution in [2.45, 2.75) is 71.4 Å². The molecule has 0 atom stereocenters. The average Bonchev–Trinajstić information content (AvgIpc) is 3.45. The van der Waals surface area contributed by atoms with E-state index in [4.69, 9.17) is 9.72 Å². The summed E-state index contributed by atoms with van der Waals surface area (Å²) < 4.78 is 7.51. The maximum Gasteiger partial charge on any atom is 0.253 e. The van der Waals surface area contributed by atoms with E-state index in [1.807, 2.05) is 13.0 Å². The van der Waals surface area contributed by atoms with Crippen LogP contribution in [-0.2, 0) is 17.7 Å². The van der Waals surface area contributed by atoms with E-state index in [2.05, 4.69) is 46.5 Å². The Bertz CT molecular complexity index is 1080. The molecular weight excluding hydrogens is 430 g/mol. The Balaban J connectivity index is 1.64. The maximum absolute atomic E-state index is 13.2. The van der Waals surface area contributed by atoms with Crippen molar-refractivity contribution in [2.24, 2.45) is 0 Å². The highest BCUT2D eigenvalue weighted by molar-refractivity contribution is 7.13. The molecule has 3 aromatic rings. The van der Waals surface area contributed by atoms with Crippen LogP contribution in [0.25, 0.3) is 22.0 Å². The Labute approximate surface area is 201 Å². The number of hydrogen-bond acceptors (Lipinski definition) is 4. The lowest BCUT2D eigenvalue weighted by atomic mass is 9.95. The minimum absolute atomic E-state index is 0.0391. The number of methoxy groups -OCH3 is 1. The molecule has 176 valence electrons. The Morgan fingerprint density at radius 1 is 1.24 bits per heavy atom. The summed E-state index contributed by atoms with van der Waals surface area (Å²) in [5, 5.41) is 6.40. The number of aromatic nitrogens is 2. The normalized spacial score (nSPS) is 14.5. The topological polar surface area (TPSA) is 56.2 Å². The number of nitrogens with zero attached hydrogens (tertiary/aromatic N) is 2. The minimum Gasteiger partial charge on any atom is -0.385 e. The molecular formula is C27H35N3O2S. The lowest BCUT2D eigenvalue weighted by molar-refractivity contribution is 0.0927. The predicted molar refractivity (Wildman–Crippen MR) is 136 cm³/mol. The molecule has 6 heteroatoms. The first-order valence-electron chi connectivity index (χ1n) is 12.2. The molecule has 2 aromatic heterocycles. The van der Waals surface area contributed by atoms with Gasteiger partial charge in [0.15, 0.2) is 0 Å². The van der Waals surface area contributed by atoms with Gasteiger partial charge in [0, 0.05) is 42.9 Å². The maximum atomic E-state index is 13.2. The number of hydrogen-bond donors (Lipinski definition) is 1. The third-order valence-corrected chi connectivity index (χ3v) is 7.52. The van der Waals surface area contributed by atoms with Gasteiger partial charge in [-0.3, -0.25) is 4.79 Å². The summed E-state index contributed by atoms with van der Waals surface area (Å²) >= 11 is 1.66. The molecule has 1 amide bonds. The van der Waals surface area contributed by atoms with E-state index in [0.717, 1.165) is 65.4 Å². The molecule has 33 heavy (non-hydrogen) atoms. The number of thiazole rings is 1. The summed E-state index contributed by atoms with van der Waals surface area (Å²) in [4.78, 5) is 18.2. The van der Waals surface area contributed by atoms with Crippen LogP contribution in [0.15, 0.2) is 35.7 Å². The van der Waals surface area contributed by atoms with Crippen LogP contribution in [-0.4, -0.2) is 35.2 Å². The molecule has 0 aliphatic heterocycles. The fourth-order valence-corrected chi connectivity index (χ4v) is 5.51. The van der Waals surface area contributed by atoms with Crippen molar-refractivity contribution >= 4 is 17.2 Å². The Morgan fingerprint density at radius 3 is 2.82 bits per heavy atom. The lowest BCUT2D eigenvalue weighted by Gasteiger charge is -2.22. The zero-order valence-corrected chi connectivity index (χ0v) is 20.8. The van der Waals surface area contributed by atoms with Gasteiger partial charge in [-0.25, -0.2) is 4.98 Å². The Kier molecular flexibility index (Phi) is 7.99. The van der Waals surface area contributed by atoms with E-state index >= 15 is 0 Å². The SMILES string of the molecule is CCc1cccc(-c2nc(-c3cc(C(=O)NC4CCCCC4)c(C)n3CCCOC)cs2)c1. The van der Waals surface area contributed by atoms with E-state index in [9.17, 15) is 4.79 Å². The van der Waals surface area contributed by atoms with Crippen LogP contribution in [0.5, 0.6) is 0 Å². The molecule has 0 unspecified atom stereocenters. The van der Waals surface area contributed by atoms with Crippen LogP contribution in [0.3, 0.4) is 0 Å². The fourth-order valence-electron chi connectivity index (χ4n) is 4.70. The Hall–Kier alpha value is -2.44. The number of nitrogens with one attached hydrogen (secondary N) is 1. The van der Waals surface area contributed by atoms with Crippen LogP contribution in [0.2, 0.25) is 0 Å². The highest BCUT2D eigenvalue weighted by atomic mass is 32.1. The van der Waals surface area contributed by atoms with Crippen molar-refractivity contribution in [1.82, 2.24) is 14.9 Å². The van der Waals surface area contributed by atoms with Gasteiger partial charge in [-0.15, -0.1) is 11.3 Å². The Morgan fingerprint density at radius 2 is 2.06 bits per heavy atom. The summed E-state index contributed by atoms with van der Waals surface area (Å²) in [6.07, 6.45) is 7.74. The van der Waals surface area contributed by atoms with Gasteiger partial charge in [-0.05, 0) is 50.3 Å². The molecule has 1 aliphatic carbocycles. The zero-order chi connectivity index (χ0) is 23.2. The van der Waals surface area contributed by atoms with Gasteiger partial charge < -0.3 is 14.6 Å². The van der Waals surface area contributed by atoms with Crippen molar-refractivity contribution < 1.29 is 9.53 Å². The van der Waals surface area contributed by atoms with Crippen molar-refractivity contribution in [2.75, 3.05) is 13.7 Å². The van der Waals surface area contributed by atoms with Crippen LogP contribution in [0.1, 0.15) is 67.1 Å². The minimum atomic E-state index is 0.0391. The largest absolute Gasteiger partial charge is 0.385 e. The van der Waals surface area contributed by atoms with Crippen molar-refractivity contribution in [3.63, 3.8) is 0 Å². The van der Waals surface area contributed by atoms with Gasteiger partial charge in [-0.2, -0.15) is 0 Å². The van der Waals surface area contributed by atoms with E-state index in [1.165, 1.54) is 24.8 Å². The average molecular weight is 466 g/mol. The quantitative estimate of drug-likeness (QED) is 0.380. The molecule has 0 bridgehead atoms. The molecule has 0 spiro atoms. The number of carbonyl (C=O) groups is 1. The molecule has 2 heterocycles. The second kappa shape index (κ2) is 11.1. The summed E-state index contributed by atoms with van der Waals surface area (Å²) in [7, 11) is 1.73. The van der Waals surface area contributed by atoms with Gasteiger partial charge in [-0.1, -0.05) is 44.4 Å². The number of ether oxygens (including phenoxy) is 1. The van der Waals surface area contributed by atoms with Gasteiger partial charge in [0.2, 0.25) is 0 Å². The van der Waals surface area contributed by atoms with Crippen LogP contribution in [0, 0.1) is 6.92 Å².